The van der Waals surface area contributed by atoms with E-state index < -0.39 is 0 Å². The number of carbonyl (C=O) groups is 1. The maximum absolute atomic E-state index is 11.5. The van der Waals surface area contributed by atoms with Crippen molar-refractivity contribution < 1.29 is 4.79 Å². The van der Waals surface area contributed by atoms with E-state index in [-0.39, 0.29) is 6.04 Å². The molecule has 2 aromatic rings. The molecule has 0 N–H and O–H groups in total. The van der Waals surface area contributed by atoms with E-state index in [0.29, 0.717) is 5.03 Å². The lowest BCUT2D eigenvalue weighted by molar-refractivity contribution is -0.107. The van der Waals surface area contributed by atoms with Crippen LogP contribution in [0.15, 0.2) is 54.6 Å². The first kappa shape index (κ1) is 12.9. The average Bonchev–Trinajstić information content (AvgIpc) is 2.48. The van der Waals surface area contributed by atoms with Gasteiger partial charge < -0.3 is 4.90 Å². The fraction of sp³-hybridized carbons (Fsp3) is 0.118. The van der Waals surface area contributed by atoms with E-state index in [1.807, 2.05) is 61.5 Å². The number of anilines is 1. The summed E-state index contributed by atoms with van der Waals surface area (Å²) in [5.74, 6) is 0. The van der Waals surface area contributed by atoms with Crippen LogP contribution in [0.1, 0.15) is 22.7 Å². The van der Waals surface area contributed by atoms with E-state index in [0.717, 1.165) is 23.2 Å². The van der Waals surface area contributed by atoms with E-state index in [9.17, 15) is 4.79 Å². The van der Waals surface area contributed by atoms with Crippen LogP contribution >= 0.6 is 11.6 Å². The molecule has 1 heterocycles. The van der Waals surface area contributed by atoms with Crippen molar-refractivity contribution in [3.63, 3.8) is 0 Å². The highest BCUT2D eigenvalue weighted by Crippen LogP contribution is 2.40. The highest BCUT2D eigenvalue weighted by atomic mass is 35.5. The van der Waals surface area contributed by atoms with Gasteiger partial charge in [0.25, 0.3) is 0 Å². The molecule has 0 spiro atoms. The first-order valence-electron chi connectivity index (χ1n) is 6.47. The van der Waals surface area contributed by atoms with Gasteiger partial charge in [0.2, 0.25) is 6.41 Å². The van der Waals surface area contributed by atoms with Gasteiger partial charge in [-0.2, -0.15) is 0 Å². The number of fused-ring (bicyclic) bond motifs is 1. The first-order chi connectivity index (χ1) is 9.70. The zero-order valence-corrected chi connectivity index (χ0v) is 11.8. The smallest absolute Gasteiger partial charge is 0.214 e. The number of carbonyl (C=O) groups excluding carboxylic acids is 1. The minimum Gasteiger partial charge on any atom is -0.303 e. The van der Waals surface area contributed by atoms with Gasteiger partial charge in [-0.05, 0) is 24.6 Å². The van der Waals surface area contributed by atoms with Crippen LogP contribution in [0, 0.1) is 6.92 Å². The molecule has 1 aliphatic heterocycles. The molecule has 0 unspecified atom stereocenters. The number of nitrogens with zero attached hydrogens (tertiary/aromatic N) is 1. The highest BCUT2D eigenvalue weighted by Gasteiger charge is 2.26. The molecule has 1 atom stereocenters. The van der Waals surface area contributed by atoms with Gasteiger partial charge in [0.05, 0.1) is 11.7 Å². The van der Waals surface area contributed by atoms with Gasteiger partial charge in [-0.1, -0.05) is 59.6 Å². The van der Waals surface area contributed by atoms with Crippen molar-refractivity contribution >= 4 is 28.7 Å². The third-order valence-corrected chi connectivity index (χ3v) is 3.91. The standard InChI is InChI=1S/C17H14ClNO/c1-12-6-8-13(9-7-12)17-10-15(18)14-4-2-3-5-16(14)19(17)11-20/h2-11,17H,1H3/t17-/m1/s1. The number of hydrogen-bond acceptors (Lipinski definition) is 1. The third-order valence-electron chi connectivity index (χ3n) is 3.58. The maximum atomic E-state index is 11.5. The zero-order chi connectivity index (χ0) is 14.1. The Labute approximate surface area is 123 Å². The van der Waals surface area contributed by atoms with Gasteiger partial charge in [-0.15, -0.1) is 0 Å². The highest BCUT2D eigenvalue weighted by molar-refractivity contribution is 6.49. The van der Waals surface area contributed by atoms with Crippen molar-refractivity contribution in [1.29, 1.82) is 0 Å². The number of aryl methyl sites for hydroxylation is 1. The average molecular weight is 284 g/mol. The lowest BCUT2D eigenvalue weighted by Crippen LogP contribution is -2.29. The fourth-order valence-corrected chi connectivity index (χ4v) is 2.78. The first-order valence-corrected chi connectivity index (χ1v) is 6.85. The Morgan fingerprint density at radius 3 is 2.50 bits per heavy atom. The SMILES string of the molecule is Cc1ccc([C@H]2C=C(Cl)c3ccccc3N2C=O)cc1. The molecule has 0 radical (unpaired) electrons. The van der Waals surface area contributed by atoms with Gasteiger partial charge in [-0.3, -0.25) is 4.79 Å². The number of benzene rings is 2. The Hall–Kier alpha value is -2.06. The number of halogens is 1. The van der Waals surface area contributed by atoms with Gasteiger partial charge in [-0.25, -0.2) is 0 Å². The third kappa shape index (κ3) is 2.12. The van der Waals surface area contributed by atoms with Gasteiger partial charge in [0.1, 0.15) is 0 Å². The summed E-state index contributed by atoms with van der Waals surface area (Å²) < 4.78 is 0. The Balaban J connectivity index is 2.11. The molecular weight excluding hydrogens is 270 g/mol. The molecule has 0 saturated heterocycles. The molecule has 2 nitrogen and oxygen atoms in total. The lowest BCUT2D eigenvalue weighted by atomic mass is 9.97. The van der Waals surface area contributed by atoms with E-state index in [1.165, 1.54) is 5.56 Å². The molecule has 0 bridgehead atoms. The van der Waals surface area contributed by atoms with Crippen molar-refractivity contribution in [2.24, 2.45) is 0 Å². The summed E-state index contributed by atoms with van der Waals surface area (Å²) in [7, 11) is 0. The summed E-state index contributed by atoms with van der Waals surface area (Å²) >= 11 is 6.36. The molecule has 3 heteroatoms. The van der Waals surface area contributed by atoms with E-state index in [1.54, 1.807) is 4.90 Å². The Bertz CT molecular complexity index is 676. The summed E-state index contributed by atoms with van der Waals surface area (Å²) in [5.41, 5.74) is 3.98. The Kier molecular flexibility index (Phi) is 3.33. The number of hydrogen-bond donors (Lipinski definition) is 0. The topological polar surface area (TPSA) is 20.3 Å². The predicted octanol–water partition coefficient (Wildman–Crippen LogP) is 4.29. The van der Waals surface area contributed by atoms with Crippen LogP contribution in [0.25, 0.3) is 5.03 Å². The molecule has 0 aliphatic carbocycles. The second kappa shape index (κ2) is 5.14. The summed E-state index contributed by atoms with van der Waals surface area (Å²) in [5, 5.41) is 0.685. The van der Waals surface area contributed by atoms with E-state index in [4.69, 9.17) is 11.6 Å². The molecule has 20 heavy (non-hydrogen) atoms. The molecule has 1 amide bonds. The van der Waals surface area contributed by atoms with Crippen molar-refractivity contribution in [2.75, 3.05) is 4.90 Å². The van der Waals surface area contributed by atoms with Gasteiger partial charge in [0.15, 0.2) is 0 Å². The molecule has 0 aromatic heterocycles. The minimum atomic E-state index is -0.157. The fourth-order valence-electron chi connectivity index (χ4n) is 2.50. The van der Waals surface area contributed by atoms with Crippen molar-refractivity contribution in [3.8, 4) is 0 Å². The quantitative estimate of drug-likeness (QED) is 0.753. The number of amides is 1. The van der Waals surface area contributed by atoms with Crippen molar-refractivity contribution in [2.45, 2.75) is 13.0 Å². The van der Waals surface area contributed by atoms with Crippen molar-refractivity contribution in [3.05, 3.63) is 71.3 Å². The molecule has 1 aliphatic rings. The van der Waals surface area contributed by atoms with Crippen LogP contribution in [0.3, 0.4) is 0 Å². The predicted molar refractivity (Wildman–Crippen MR) is 82.7 cm³/mol. The Morgan fingerprint density at radius 1 is 1.10 bits per heavy atom. The Morgan fingerprint density at radius 2 is 1.80 bits per heavy atom. The normalized spacial score (nSPS) is 17.4. The minimum absolute atomic E-state index is 0.157. The van der Waals surface area contributed by atoms with Gasteiger partial charge in [0, 0.05) is 10.6 Å². The lowest BCUT2D eigenvalue weighted by Gasteiger charge is -2.32. The van der Waals surface area contributed by atoms with Crippen LogP contribution in [0.4, 0.5) is 5.69 Å². The molecule has 3 rings (SSSR count). The summed E-state index contributed by atoms with van der Waals surface area (Å²) in [6.07, 6.45) is 2.78. The second-order valence-electron chi connectivity index (χ2n) is 4.90. The van der Waals surface area contributed by atoms with Crippen LogP contribution < -0.4 is 4.90 Å². The maximum Gasteiger partial charge on any atom is 0.214 e. The summed E-state index contributed by atoms with van der Waals surface area (Å²) in [4.78, 5) is 13.2. The number of rotatable bonds is 2. The van der Waals surface area contributed by atoms with Gasteiger partial charge >= 0.3 is 0 Å². The second-order valence-corrected chi connectivity index (χ2v) is 5.31. The van der Waals surface area contributed by atoms with E-state index in [2.05, 4.69) is 0 Å². The number of para-hydroxylation sites is 1. The summed E-state index contributed by atoms with van der Waals surface area (Å²) in [6, 6.07) is 15.7. The van der Waals surface area contributed by atoms with Crippen LogP contribution in [0.5, 0.6) is 0 Å². The molecule has 0 saturated carbocycles. The monoisotopic (exact) mass is 283 g/mol. The van der Waals surface area contributed by atoms with Crippen LogP contribution in [0.2, 0.25) is 0 Å². The molecule has 100 valence electrons. The van der Waals surface area contributed by atoms with Crippen LogP contribution in [-0.4, -0.2) is 6.41 Å². The van der Waals surface area contributed by atoms with E-state index >= 15 is 0 Å². The largest absolute Gasteiger partial charge is 0.303 e. The molecule has 2 aromatic carbocycles. The van der Waals surface area contributed by atoms with Crippen LogP contribution in [-0.2, 0) is 4.79 Å². The zero-order valence-electron chi connectivity index (χ0n) is 11.1. The van der Waals surface area contributed by atoms with Crippen molar-refractivity contribution in [1.82, 2.24) is 0 Å². The molecular formula is C17H14ClNO. The summed E-state index contributed by atoms with van der Waals surface area (Å²) in [6.45, 7) is 2.04. The molecule has 0 fully saturated rings.